The van der Waals surface area contributed by atoms with Gasteiger partial charge >= 0.3 is 12.1 Å². The quantitative estimate of drug-likeness (QED) is 0.729. The number of rotatable bonds is 1. The molecule has 0 amide bonds. The Bertz CT molecular complexity index is 559. The average Bonchev–Trinajstić information content (AvgIpc) is 2.58. The van der Waals surface area contributed by atoms with Crippen molar-refractivity contribution >= 4 is 11.2 Å². The number of imidazole rings is 1. The van der Waals surface area contributed by atoms with Gasteiger partial charge < -0.3 is 4.57 Å². The SMILES string of the molecule is Cn1cnc2cc(C(F)(F)C(F)(F)F)nnc21. The van der Waals surface area contributed by atoms with E-state index in [-0.39, 0.29) is 11.2 Å². The first-order valence-electron chi connectivity index (χ1n) is 4.33. The molecule has 2 aromatic rings. The topological polar surface area (TPSA) is 43.6 Å². The van der Waals surface area contributed by atoms with Gasteiger partial charge in [-0.2, -0.15) is 22.0 Å². The number of halogens is 5. The Morgan fingerprint density at radius 3 is 2.35 bits per heavy atom. The largest absolute Gasteiger partial charge is 0.459 e. The average molecular weight is 252 g/mol. The first kappa shape index (κ1) is 11.7. The van der Waals surface area contributed by atoms with Crippen LogP contribution < -0.4 is 0 Å². The molecule has 0 bridgehead atoms. The summed E-state index contributed by atoms with van der Waals surface area (Å²) >= 11 is 0. The summed E-state index contributed by atoms with van der Waals surface area (Å²) in [5.41, 5.74) is -1.40. The summed E-state index contributed by atoms with van der Waals surface area (Å²) < 4.78 is 63.5. The molecule has 0 aliphatic carbocycles. The van der Waals surface area contributed by atoms with E-state index >= 15 is 0 Å². The number of hydrogen-bond acceptors (Lipinski definition) is 3. The van der Waals surface area contributed by atoms with Crippen LogP contribution in [0.15, 0.2) is 12.4 Å². The maximum absolute atomic E-state index is 12.9. The van der Waals surface area contributed by atoms with Crippen molar-refractivity contribution < 1.29 is 22.0 Å². The van der Waals surface area contributed by atoms with Crippen molar-refractivity contribution in [2.24, 2.45) is 7.05 Å². The van der Waals surface area contributed by atoms with Crippen molar-refractivity contribution in [3.8, 4) is 0 Å². The second-order valence-corrected chi connectivity index (χ2v) is 3.37. The van der Waals surface area contributed by atoms with Crippen molar-refractivity contribution in [3.63, 3.8) is 0 Å². The minimum atomic E-state index is -5.70. The molecular weight excluding hydrogens is 247 g/mol. The highest BCUT2D eigenvalue weighted by Crippen LogP contribution is 2.43. The number of alkyl halides is 5. The molecule has 4 nitrogen and oxygen atoms in total. The summed E-state index contributed by atoms with van der Waals surface area (Å²) in [5, 5.41) is 6.19. The number of aromatic nitrogens is 4. The molecule has 0 radical (unpaired) electrons. The Balaban J connectivity index is 2.57. The van der Waals surface area contributed by atoms with E-state index in [9.17, 15) is 22.0 Å². The molecule has 2 aromatic heterocycles. The van der Waals surface area contributed by atoms with Gasteiger partial charge in [-0.1, -0.05) is 0 Å². The molecule has 0 fully saturated rings. The van der Waals surface area contributed by atoms with E-state index < -0.39 is 17.8 Å². The first-order chi connectivity index (χ1) is 7.73. The third-order valence-electron chi connectivity index (χ3n) is 2.14. The van der Waals surface area contributed by atoms with Gasteiger partial charge in [0.15, 0.2) is 5.65 Å². The van der Waals surface area contributed by atoms with Crippen LogP contribution in [-0.2, 0) is 13.0 Å². The van der Waals surface area contributed by atoms with E-state index in [0.717, 1.165) is 0 Å². The van der Waals surface area contributed by atoms with E-state index in [1.165, 1.54) is 17.9 Å². The molecule has 0 saturated carbocycles. The molecule has 0 aliphatic heterocycles. The molecule has 0 spiro atoms. The lowest BCUT2D eigenvalue weighted by atomic mass is 10.2. The minimum absolute atomic E-state index is 0.0681. The molecular formula is C8H5F5N4. The van der Waals surface area contributed by atoms with E-state index in [1.54, 1.807) is 0 Å². The van der Waals surface area contributed by atoms with Crippen molar-refractivity contribution in [3.05, 3.63) is 18.1 Å². The smallest absolute Gasteiger partial charge is 0.317 e. The van der Waals surface area contributed by atoms with Gasteiger partial charge in [0.1, 0.15) is 11.2 Å². The van der Waals surface area contributed by atoms with E-state index in [2.05, 4.69) is 15.2 Å². The molecule has 0 saturated heterocycles. The first-order valence-corrected chi connectivity index (χ1v) is 4.33. The monoisotopic (exact) mass is 252 g/mol. The summed E-state index contributed by atoms with van der Waals surface area (Å²) in [6, 6.07) is 0.579. The zero-order chi connectivity index (χ0) is 12.8. The predicted octanol–water partition coefficient (Wildman–Crippen LogP) is 2.02. The van der Waals surface area contributed by atoms with Gasteiger partial charge in [-0.05, 0) is 6.07 Å². The predicted molar refractivity (Wildman–Crippen MR) is 46.3 cm³/mol. The van der Waals surface area contributed by atoms with Crippen LogP contribution in [-0.4, -0.2) is 25.9 Å². The number of hydrogen-bond donors (Lipinski definition) is 0. The normalized spacial score (nSPS) is 13.3. The van der Waals surface area contributed by atoms with Crippen LogP contribution in [0.25, 0.3) is 11.2 Å². The van der Waals surface area contributed by atoms with Crippen molar-refractivity contribution in [1.82, 2.24) is 19.7 Å². The Kier molecular flexibility index (Phi) is 2.30. The zero-order valence-electron chi connectivity index (χ0n) is 8.33. The van der Waals surface area contributed by atoms with Crippen molar-refractivity contribution in [1.29, 1.82) is 0 Å². The molecule has 0 aromatic carbocycles. The standard InChI is InChI=1S/C8H5F5N4/c1-17-3-14-4-2-5(15-16-6(4)17)7(9,10)8(11,12)13/h2-3H,1H3. The molecule has 0 N–H and O–H groups in total. The lowest BCUT2D eigenvalue weighted by molar-refractivity contribution is -0.291. The van der Waals surface area contributed by atoms with Gasteiger partial charge in [-0.25, -0.2) is 4.98 Å². The van der Waals surface area contributed by atoms with Crippen LogP contribution in [0.5, 0.6) is 0 Å². The fourth-order valence-electron chi connectivity index (χ4n) is 1.22. The van der Waals surface area contributed by atoms with Crippen LogP contribution in [0.1, 0.15) is 5.69 Å². The number of aryl methyl sites for hydroxylation is 1. The Morgan fingerprint density at radius 1 is 1.12 bits per heavy atom. The summed E-state index contributed by atoms with van der Waals surface area (Å²) in [5.74, 6) is -5.04. The van der Waals surface area contributed by atoms with Crippen LogP contribution in [0.3, 0.4) is 0 Å². The summed E-state index contributed by atoms with van der Waals surface area (Å²) in [6.07, 6.45) is -4.46. The molecule has 0 unspecified atom stereocenters. The lowest BCUT2D eigenvalue weighted by Gasteiger charge is -2.17. The maximum Gasteiger partial charge on any atom is 0.459 e. The summed E-state index contributed by atoms with van der Waals surface area (Å²) in [4.78, 5) is 3.63. The Labute approximate surface area is 91.1 Å². The van der Waals surface area contributed by atoms with Gasteiger partial charge in [0.05, 0.1) is 6.33 Å². The molecule has 0 aliphatic rings. The molecule has 92 valence electrons. The van der Waals surface area contributed by atoms with Crippen LogP contribution in [0.2, 0.25) is 0 Å². The lowest BCUT2D eigenvalue weighted by Crippen LogP contribution is -2.34. The van der Waals surface area contributed by atoms with Crippen molar-refractivity contribution in [2.45, 2.75) is 12.1 Å². The maximum atomic E-state index is 12.9. The molecule has 0 atom stereocenters. The van der Waals surface area contributed by atoms with Gasteiger partial charge in [-0.3, -0.25) is 0 Å². The Morgan fingerprint density at radius 2 is 1.76 bits per heavy atom. The molecule has 2 rings (SSSR count). The minimum Gasteiger partial charge on any atom is -0.317 e. The molecule has 17 heavy (non-hydrogen) atoms. The van der Waals surface area contributed by atoms with Gasteiger partial charge in [0.25, 0.3) is 0 Å². The highest BCUT2D eigenvalue weighted by molar-refractivity contribution is 5.70. The number of nitrogens with zero attached hydrogens (tertiary/aromatic N) is 4. The van der Waals surface area contributed by atoms with Crippen LogP contribution >= 0.6 is 0 Å². The fourth-order valence-corrected chi connectivity index (χ4v) is 1.22. The molecule has 9 heteroatoms. The van der Waals surface area contributed by atoms with Crippen LogP contribution in [0, 0.1) is 0 Å². The summed E-state index contributed by atoms with van der Waals surface area (Å²) in [7, 11) is 1.52. The third-order valence-corrected chi connectivity index (χ3v) is 2.14. The van der Waals surface area contributed by atoms with Gasteiger partial charge in [0.2, 0.25) is 0 Å². The summed E-state index contributed by atoms with van der Waals surface area (Å²) in [6.45, 7) is 0. The van der Waals surface area contributed by atoms with Gasteiger partial charge in [0, 0.05) is 7.05 Å². The molecule has 2 heterocycles. The fraction of sp³-hybridized carbons (Fsp3) is 0.375. The zero-order valence-corrected chi connectivity index (χ0v) is 8.33. The second kappa shape index (κ2) is 3.34. The van der Waals surface area contributed by atoms with Gasteiger partial charge in [-0.15, -0.1) is 10.2 Å². The van der Waals surface area contributed by atoms with Crippen LogP contribution in [0.4, 0.5) is 22.0 Å². The van der Waals surface area contributed by atoms with E-state index in [4.69, 9.17) is 0 Å². The highest BCUT2D eigenvalue weighted by atomic mass is 19.4. The Hall–Kier alpha value is -1.80. The third kappa shape index (κ3) is 1.71. The second-order valence-electron chi connectivity index (χ2n) is 3.37. The van der Waals surface area contributed by atoms with Crippen molar-refractivity contribution in [2.75, 3.05) is 0 Å². The highest BCUT2D eigenvalue weighted by Gasteiger charge is 2.60. The van der Waals surface area contributed by atoms with E-state index in [1.807, 2.05) is 0 Å². The number of fused-ring (bicyclic) bond motifs is 1. The van der Waals surface area contributed by atoms with E-state index in [0.29, 0.717) is 6.07 Å².